The van der Waals surface area contributed by atoms with Gasteiger partial charge in [0.2, 0.25) is 5.91 Å². The SMILES string of the molecule is CNC(=O)c1cccc(NC(=O)CSc2nnc(-c3cccnc3)n2C2CC2)c1. The molecule has 9 heteroatoms. The Morgan fingerprint density at radius 3 is 2.79 bits per heavy atom. The minimum atomic E-state index is -0.198. The number of hydrogen-bond acceptors (Lipinski definition) is 6. The zero-order chi connectivity index (χ0) is 20.2. The summed E-state index contributed by atoms with van der Waals surface area (Å²) >= 11 is 1.35. The molecule has 1 aliphatic carbocycles. The minimum absolute atomic E-state index is 0.169. The number of amides is 2. The Labute approximate surface area is 172 Å². The number of benzene rings is 1. The zero-order valence-electron chi connectivity index (χ0n) is 15.8. The van der Waals surface area contributed by atoms with Crippen molar-refractivity contribution in [2.75, 3.05) is 18.1 Å². The molecule has 1 aliphatic rings. The van der Waals surface area contributed by atoms with E-state index < -0.39 is 0 Å². The number of hydrogen-bond donors (Lipinski definition) is 2. The molecule has 0 radical (unpaired) electrons. The van der Waals surface area contributed by atoms with Crippen LogP contribution in [0.5, 0.6) is 0 Å². The molecule has 148 valence electrons. The van der Waals surface area contributed by atoms with Gasteiger partial charge in [0.05, 0.1) is 5.75 Å². The van der Waals surface area contributed by atoms with Crippen LogP contribution in [0, 0.1) is 0 Å². The van der Waals surface area contributed by atoms with Gasteiger partial charge < -0.3 is 10.6 Å². The lowest BCUT2D eigenvalue weighted by atomic mass is 10.2. The molecule has 8 nitrogen and oxygen atoms in total. The summed E-state index contributed by atoms with van der Waals surface area (Å²) in [5.74, 6) is 0.609. The van der Waals surface area contributed by atoms with Crippen molar-refractivity contribution >= 4 is 29.3 Å². The van der Waals surface area contributed by atoms with E-state index in [-0.39, 0.29) is 17.6 Å². The van der Waals surface area contributed by atoms with Crippen LogP contribution in [0.3, 0.4) is 0 Å². The number of nitrogens with zero attached hydrogens (tertiary/aromatic N) is 4. The molecule has 2 aromatic heterocycles. The Bertz CT molecular complexity index is 1030. The number of carbonyl (C=O) groups excluding carboxylic acids is 2. The highest BCUT2D eigenvalue weighted by molar-refractivity contribution is 7.99. The van der Waals surface area contributed by atoms with Gasteiger partial charge in [-0.15, -0.1) is 10.2 Å². The van der Waals surface area contributed by atoms with Gasteiger partial charge in [-0.2, -0.15) is 0 Å². The lowest BCUT2D eigenvalue weighted by Crippen LogP contribution is -2.19. The van der Waals surface area contributed by atoms with Gasteiger partial charge in [-0.25, -0.2) is 0 Å². The van der Waals surface area contributed by atoms with Gasteiger partial charge in [0, 0.05) is 42.3 Å². The normalized spacial score (nSPS) is 13.1. The molecule has 1 aromatic carbocycles. The highest BCUT2D eigenvalue weighted by Gasteiger charge is 2.30. The Morgan fingerprint density at radius 2 is 2.07 bits per heavy atom. The van der Waals surface area contributed by atoms with E-state index in [1.807, 2.05) is 12.1 Å². The minimum Gasteiger partial charge on any atom is -0.355 e. The Morgan fingerprint density at radius 1 is 1.21 bits per heavy atom. The summed E-state index contributed by atoms with van der Waals surface area (Å²) in [6.45, 7) is 0. The van der Waals surface area contributed by atoms with Crippen molar-refractivity contribution in [2.45, 2.75) is 24.0 Å². The monoisotopic (exact) mass is 408 g/mol. The summed E-state index contributed by atoms with van der Waals surface area (Å²) in [5.41, 5.74) is 1.98. The number of nitrogens with one attached hydrogen (secondary N) is 2. The number of anilines is 1. The van der Waals surface area contributed by atoms with Gasteiger partial charge in [-0.3, -0.25) is 19.1 Å². The molecule has 3 aromatic rings. The van der Waals surface area contributed by atoms with E-state index in [0.29, 0.717) is 17.3 Å². The molecule has 0 unspecified atom stereocenters. The summed E-state index contributed by atoms with van der Waals surface area (Å²) in [7, 11) is 1.57. The topological polar surface area (TPSA) is 102 Å². The molecule has 0 aliphatic heterocycles. The van der Waals surface area contributed by atoms with Crippen LogP contribution in [0.25, 0.3) is 11.4 Å². The molecule has 2 heterocycles. The fourth-order valence-electron chi connectivity index (χ4n) is 2.94. The Kier molecular flexibility index (Phi) is 5.57. The van der Waals surface area contributed by atoms with Crippen LogP contribution in [0.2, 0.25) is 0 Å². The van der Waals surface area contributed by atoms with Gasteiger partial charge in [-0.1, -0.05) is 17.8 Å². The molecule has 2 N–H and O–H groups in total. The van der Waals surface area contributed by atoms with E-state index >= 15 is 0 Å². The first-order valence-electron chi connectivity index (χ1n) is 9.26. The number of carbonyl (C=O) groups is 2. The number of pyridine rings is 1. The van der Waals surface area contributed by atoms with Crippen molar-refractivity contribution in [3.8, 4) is 11.4 Å². The molecule has 1 fully saturated rings. The third-order valence-electron chi connectivity index (χ3n) is 4.46. The second kappa shape index (κ2) is 8.44. The number of rotatable bonds is 7. The molecule has 29 heavy (non-hydrogen) atoms. The lowest BCUT2D eigenvalue weighted by Gasteiger charge is -2.09. The molecule has 0 bridgehead atoms. The first-order valence-corrected chi connectivity index (χ1v) is 10.2. The standard InChI is InChI=1S/C20H20N6O2S/c1-21-19(28)13-4-2-6-15(10-13)23-17(27)12-29-20-25-24-18(26(20)16-7-8-16)14-5-3-9-22-11-14/h2-6,9-11,16H,7-8,12H2,1H3,(H,21,28)(H,23,27). The largest absolute Gasteiger partial charge is 0.355 e. The average Bonchev–Trinajstić information content (AvgIpc) is 3.51. The van der Waals surface area contributed by atoms with Gasteiger partial charge in [0.25, 0.3) is 5.91 Å². The zero-order valence-corrected chi connectivity index (χ0v) is 16.6. The van der Waals surface area contributed by atoms with Crippen LogP contribution >= 0.6 is 11.8 Å². The second-order valence-corrected chi connectivity index (χ2v) is 7.59. The van der Waals surface area contributed by atoms with Gasteiger partial charge in [-0.05, 0) is 43.2 Å². The number of thioether (sulfide) groups is 1. The van der Waals surface area contributed by atoms with Crippen molar-refractivity contribution in [2.24, 2.45) is 0 Å². The van der Waals surface area contributed by atoms with Crippen molar-refractivity contribution < 1.29 is 9.59 Å². The Hall–Kier alpha value is -3.20. The molecular formula is C20H20N6O2S. The summed E-state index contributed by atoms with van der Waals surface area (Å²) in [6, 6.07) is 11.0. The first-order chi connectivity index (χ1) is 14.2. The molecule has 0 spiro atoms. The van der Waals surface area contributed by atoms with Gasteiger partial charge >= 0.3 is 0 Å². The van der Waals surface area contributed by atoms with E-state index in [4.69, 9.17) is 0 Å². The molecule has 2 amide bonds. The van der Waals surface area contributed by atoms with E-state index in [2.05, 4.69) is 30.4 Å². The van der Waals surface area contributed by atoms with Crippen LogP contribution < -0.4 is 10.6 Å². The quantitative estimate of drug-likeness (QED) is 0.583. The fourth-order valence-corrected chi connectivity index (χ4v) is 3.74. The molecule has 0 atom stereocenters. The maximum absolute atomic E-state index is 12.4. The Balaban J connectivity index is 1.44. The van der Waals surface area contributed by atoms with Crippen LogP contribution in [-0.4, -0.2) is 44.4 Å². The second-order valence-electron chi connectivity index (χ2n) is 6.65. The van der Waals surface area contributed by atoms with Crippen molar-refractivity contribution in [3.63, 3.8) is 0 Å². The summed E-state index contributed by atoms with van der Waals surface area (Å²) < 4.78 is 2.10. The molecule has 1 saturated carbocycles. The van der Waals surface area contributed by atoms with E-state index in [9.17, 15) is 9.59 Å². The van der Waals surface area contributed by atoms with Gasteiger partial charge in [0.1, 0.15) is 0 Å². The van der Waals surface area contributed by atoms with Crippen LogP contribution in [0.15, 0.2) is 53.9 Å². The first kappa shape index (κ1) is 19.1. The summed E-state index contributed by atoms with van der Waals surface area (Å²) in [4.78, 5) is 28.3. The summed E-state index contributed by atoms with van der Waals surface area (Å²) in [5, 5.41) is 14.7. The predicted molar refractivity (Wildman–Crippen MR) is 111 cm³/mol. The molecular weight excluding hydrogens is 388 g/mol. The lowest BCUT2D eigenvalue weighted by molar-refractivity contribution is -0.113. The molecule has 0 saturated heterocycles. The van der Waals surface area contributed by atoms with E-state index in [1.54, 1.807) is 43.7 Å². The van der Waals surface area contributed by atoms with Crippen molar-refractivity contribution in [1.82, 2.24) is 25.1 Å². The fraction of sp³-hybridized carbons (Fsp3) is 0.250. The highest BCUT2D eigenvalue weighted by Crippen LogP contribution is 2.40. The predicted octanol–water partition coefficient (Wildman–Crippen LogP) is 2.77. The molecule has 4 rings (SSSR count). The summed E-state index contributed by atoms with van der Waals surface area (Å²) in [6.07, 6.45) is 5.65. The van der Waals surface area contributed by atoms with Crippen molar-refractivity contribution in [1.29, 1.82) is 0 Å². The number of aromatic nitrogens is 4. The average molecular weight is 408 g/mol. The maximum atomic E-state index is 12.4. The van der Waals surface area contributed by atoms with Crippen LogP contribution in [-0.2, 0) is 4.79 Å². The maximum Gasteiger partial charge on any atom is 0.251 e. The van der Waals surface area contributed by atoms with Crippen LogP contribution in [0.4, 0.5) is 5.69 Å². The third kappa shape index (κ3) is 4.45. The highest BCUT2D eigenvalue weighted by atomic mass is 32.2. The van der Waals surface area contributed by atoms with Gasteiger partial charge in [0.15, 0.2) is 11.0 Å². The van der Waals surface area contributed by atoms with E-state index in [1.165, 1.54) is 11.8 Å². The smallest absolute Gasteiger partial charge is 0.251 e. The van der Waals surface area contributed by atoms with Crippen LogP contribution in [0.1, 0.15) is 29.2 Å². The third-order valence-corrected chi connectivity index (χ3v) is 5.41. The van der Waals surface area contributed by atoms with E-state index in [0.717, 1.165) is 29.4 Å². The van der Waals surface area contributed by atoms with Crippen molar-refractivity contribution in [3.05, 3.63) is 54.4 Å².